The van der Waals surface area contributed by atoms with Crippen LogP contribution in [-0.4, -0.2) is 33.1 Å². The average molecular weight is 429 g/mol. The minimum absolute atomic E-state index is 0.305. The lowest BCUT2D eigenvalue weighted by atomic mass is 9.60. The third-order valence-corrected chi connectivity index (χ3v) is 8.64. The van der Waals surface area contributed by atoms with Crippen molar-refractivity contribution in [1.82, 2.24) is 0 Å². The Labute approximate surface area is 189 Å². The fraction of sp³-hybridized carbons (Fsp3) is 0.714. The predicted octanol–water partition coefficient (Wildman–Crippen LogP) is 5.87. The van der Waals surface area contributed by atoms with E-state index in [1.54, 1.807) is 5.57 Å². The van der Waals surface area contributed by atoms with Crippen LogP contribution in [0.4, 0.5) is 0 Å². The molecule has 3 aliphatic rings. The summed E-state index contributed by atoms with van der Waals surface area (Å²) in [5.74, 6) is 1.73. The summed E-state index contributed by atoms with van der Waals surface area (Å²) in [6.45, 7) is 16.8. The fourth-order valence-corrected chi connectivity index (χ4v) is 6.50. The van der Waals surface area contributed by atoms with Gasteiger partial charge in [0.25, 0.3) is 0 Å². The van der Waals surface area contributed by atoms with Gasteiger partial charge in [0.15, 0.2) is 0 Å². The lowest BCUT2D eigenvalue weighted by Crippen LogP contribution is -2.36. The Balaban J connectivity index is 1.72. The zero-order valence-electron chi connectivity index (χ0n) is 20.2. The van der Waals surface area contributed by atoms with Crippen LogP contribution in [-0.2, 0) is 0 Å². The number of hydrogen-bond donors (Lipinski definition) is 3. The molecule has 0 bridgehead atoms. The van der Waals surface area contributed by atoms with Crippen LogP contribution in [0.1, 0.15) is 85.5 Å². The smallest absolute Gasteiger partial charge is 0.0809 e. The van der Waals surface area contributed by atoms with Crippen LogP contribution in [0.3, 0.4) is 0 Å². The summed E-state index contributed by atoms with van der Waals surface area (Å²) >= 11 is 0. The predicted molar refractivity (Wildman–Crippen MR) is 129 cm³/mol. The minimum atomic E-state index is -0.633. The zero-order valence-corrected chi connectivity index (χ0v) is 20.2. The zero-order chi connectivity index (χ0) is 23.0. The summed E-state index contributed by atoms with van der Waals surface area (Å²) in [5.41, 5.74) is 4.18. The molecule has 0 aliphatic heterocycles. The molecular weight excluding hydrogens is 384 g/mol. The first-order valence-corrected chi connectivity index (χ1v) is 12.3. The molecule has 0 radical (unpaired) electrons. The van der Waals surface area contributed by atoms with E-state index in [0.717, 1.165) is 24.8 Å². The fourth-order valence-electron chi connectivity index (χ4n) is 6.50. The van der Waals surface area contributed by atoms with Gasteiger partial charge in [-0.1, -0.05) is 55.9 Å². The Morgan fingerprint density at radius 3 is 2.45 bits per heavy atom. The third kappa shape index (κ3) is 5.43. The van der Waals surface area contributed by atoms with E-state index in [1.807, 2.05) is 13.8 Å². The summed E-state index contributed by atoms with van der Waals surface area (Å²) in [6, 6.07) is 0. The van der Waals surface area contributed by atoms with E-state index in [0.29, 0.717) is 41.6 Å². The number of hydrogen-bond acceptors (Lipinski definition) is 3. The highest BCUT2D eigenvalue weighted by molar-refractivity contribution is 5.30. The van der Waals surface area contributed by atoms with Gasteiger partial charge in [-0.2, -0.15) is 0 Å². The molecule has 3 saturated carbocycles. The molecule has 0 unspecified atom stereocenters. The largest absolute Gasteiger partial charge is 0.390 e. The lowest BCUT2D eigenvalue weighted by Gasteiger charge is -2.45. The molecule has 3 fully saturated rings. The second-order valence-electron chi connectivity index (χ2n) is 11.4. The molecule has 3 rings (SSSR count). The first-order valence-electron chi connectivity index (χ1n) is 12.3. The van der Waals surface area contributed by atoms with Gasteiger partial charge in [-0.3, -0.25) is 0 Å². The van der Waals surface area contributed by atoms with E-state index in [-0.39, 0.29) is 0 Å². The number of fused-ring (bicyclic) bond motifs is 1. The average Bonchev–Trinajstić information content (AvgIpc) is 3.04. The lowest BCUT2D eigenvalue weighted by molar-refractivity contribution is 0.0683. The molecule has 0 spiro atoms. The van der Waals surface area contributed by atoms with Gasteiger partial charge < -0.3 is 15.3 Å². The SMILES string of the molecule is C=C1[C@H](O)CC(=C/C=C2\CCC[C@]3(C)[C@@H]([C@@H](C)C(=C)CCC(C)(C)O)CC[C@@H]23)C[C@H]1O. The maximum Gasteiger partial charge on any atom is 0.0809 e. The summed E-state index contributed by atoms with van der Waals surface area (Å²) in [7, 11) is 0. The molecule has 0 aromatic carbocycles. The highest BCUT2D eigenvalue weighted by Crippen LogP contribution is 2.60. The highest BCUT2D eigenvalue weighted by atomic mass is 16.3. The van der Waals surface area contributed by atoms with Crippen LogP contribution in [0.5, 0.6) is 0 Å². The van der Waals surface area contributed by atoms with E-state index in [2.05, 4.69) is 39.2 Å². The third-order valence-electron chi connectivity index (χ3n) is 8.64. The number of allylic oxidation sites excluding steroid dienone is 4. The van der Waals surface area contributed by atoms with Gasteiger partial charge in [0.2, 0.25) is 0 Å². The number of aliphatic hydroxyl groups excluding tert-OH is 2. The van der Waals surface area contributed by atoms with Gasteiger partial charge in [0.05, 0.1) is 17.8 Å². The molecule has 3 aliphatic carbocycles. The molecule has 0 aromatic rings. The van der Waals surface area contributed by atoms with Crippen molar-refractivity contribution < 1.29 is 15.3 Å². The maximum absolute atomic E-state index is 10.1. The summed E-state index contributed by atoms with van der Waals surface area (Å²) in [6.07, 6.45) is 12.2. The molecule has 31 heavy (non-hydrogen) atoms. The van der Waals surface area contributed by atoms with Gasteiger partial charge in [-0.25, -0.2) is 0 Å². The van der Waals surface area contributed by atoms with E-state index < -0.39 is 17.8 Å². The van der Waals surface area contributed by atoms with Crippen molar-refractivity contribution >= 4 is 0 Å². The molecule has 0 aromatic heterocycles. The van der Waals surface area contributed by atoms with E-state index in [9.17, 15) is 15.3 Å². The van der Waals surface area contributed by atoms with Crippen LogP contribution in [0, 0.1) is 23.2 Å². The van der Waals surface area contributed by atoms with Crippen LogP contribution >= 0.6 is 0 Å². The van der Waals surface area contributed by atoms with Crippen molar-refractivity contribution in [3.8, 4) is 0 Å². The maximum atomic E-state index is 10.1. The van der Waals surface area contributed by atoms with Crippen molar-refractivity contribution in [3.63, 3.8) is 0 Å². The van der Waals surface area contributed by atoms with Crippen molar-refractivity contribution in [2.24, 2.45) is 23.2 Å². The van der Waals surface area contributed by atoms with E-state index in [1.165, 1.54) is 31.3 Å². The summed E-state index contributed by atoms with van der Waals surface area (Å²) in [4.78, 5) is 0. The topological polar surface area (TPSA) is 60.7 Å². The van der Waals surface area contributed by atoms with Gasteiger partial charge in [-0.05, 0) is 100 Å². The van der Waals surface area contributed by atoms with Gasteiger partial charge in [-0.15, -0.1) is 0 Å². The van der Waals surface area contributed by atoms with Crippen LogP contribution in [0.25, 0.3) is 0 Å². The summed E-state index contributed by atoms with van der Waals surface area (Å²) in [5, 5.41) is 30.4. The molecule has 174 valence electrons. The van der Waals surface area contributed by atoms with Crippen LogP contribution in [0.2, 0.25) is 0 Å². The minimum Gasteiger partial charge on any atom is -0.390 e. The monoisotopic (exact) mass is 428 g/mol. The molecule has 0 saturated heterocycles. The van der Waals surface area contributed by atoms with E-state index >= 15 is 0 Å². The summed E-state index contributed by atoms with van der Waals surface area (Å²) < 4.78 is 0. The van der Waals surface area contributed by atoms with Gasteiger partial charge in [0.1, 0.15) is 0 Å². The highest BCUT2D eigenvalue weighted by Gasteiger charge is 2.50. The Kier molecular flexibility index (Phi) is 7.40. The Morgan fingerprint density at radius 1 is 1.19 bits per heavy atom. The van der Waals surface area contributed by atoms with Crippen molar-refractivity contribution in [3.05, 3.63) is 47.6 Å². The van der Waals surface area contributed by atoms with Crippen molar-refractivity contribution in [2.75, 3.05) is 0 Å². The Bertz CT molecular complexity index is 737. The number of aliphatic hydroxyl groups is 3. The molecule has 3 N–H and O–H groups in total. The molecule has 6 atom stereocenters. The number of rotatable bonds is 6. The first kappa shape index (κ1) is 24.5. The van der Waals surface area contributed by atoms with E-state index in [4.69, 9.17) is 0 Å². The molecule has 0 amide bonds. The normalized spacial score (nSPS) is 36.4. The van der Waals surface area contributed by atoms with Crippen LogP contribution < -0.4 is 0 Å². The Hall–Kier alpha value is -1.16. The second-order valence-corrected chi connectivity index (χ2v) is 11.4. The second kappa shape index (κ2) is 9.37. The Morgan fingerprint density at radius 2 is 1.84 bits per heavy atom. The molecule has 0 heterocycles. The standard InChI is InChI=1S/C28H44O3/c1-18(13-15-27(4,5)31)19(2)23-11-12-24-22(8-7-14-28(23,24)6)10-9-21-16-25(29)20(3)26(30)17-21/h9-10,19,23-26,29-31H,1,3,7-8,11-17H2,2,4-6H3/b22-10+/t19-,23+,24-,25+,26+,28+/m0/s1. The molecule has 3 nitrogen and oxygen atoms in total. The van der Waals surface area contributed by atoms with Crippen LogP contribution in [0.15, 0.2) is 47.6 Å². The molecular formula is C28H44O3. The van der Waals surface area contributed by atoms with Gasteiger partial charge >= 0.3 is 0 Å². The van der Waals surface area contributed by atoms with Gasteiger partial charge in [0, 0.05) is 0 Å². The van der Waals surface area contributed by atoms with Crippen molar-refractivity contribution in [2.45, 2.75) is 103 Å². The quantitative estimate of drug-likeness (QED) is 0.464. The first-order chi connectivity index (χ1) is 14.4. The molecule has 3 heteroatoms. The van der Waals surface area contributed by atoms with Crippen molar-refractivity contribution in [1.29, 1.82) is 0 Å².